The smallest absolute Gasteiger partial charge is 0.199 e. The lowest BCUT2D eigenvalue weighted by Crippen LogP contribution is -2.26. The van der Waals surface area contributed by atoms with E-state index in [2.05, 4.69) is 25.6 Å². The molecule has 0 bridgehead atoms. The first-order valence-electron chi connectivity index (χ1n) is 8.95. The third-order valence-corrected chi connectivity index (χ3v) is 4.92. The first-order chi connectivity index (χ1) is 14.4. The summed E-state index contributed by atoms with van der Waals surface area (Å²) in [7, 11) is -3.05. The summed E-state index contributed by atoms with van der Waals surface area (Å²) in [6.45, 7) is 0.748. The number of hydrogen-bond donors (Lipinski definition) is 2. The highest BCUT2D eigenvalue weighted by molar-refractivity contribution is 7.90. The maximum absolute atomic E-state index is 11.1. The number of pyridine rings is 1. The van der Waals surface area contributed by atoms with E-state index in [1.54, 1.807) is 12.4 Å². The second-order valence-electron chi connectivity index (χ2n) is 6.55. The Kier molecular flexibility index (Phi) is 5.33. The van der Waals surface area contributed by atoms with E-state index in [1.807, 2.05) is 34.9 Å². The maximum Gasteiger partial charge on any atom is 0.199 e. The van der Waals surface area contributed by atoms with Gasteiger partial charge < -0.3 is 15.8 Å². The molecule has 4 aromatic rings. The van der Waals surface area contributed by atoms with Crippen LogP contribution >= 0.6 is 0 Å². The van der Waals surface area contributed by atoms with Crippen LogP contribution in [0.2, 0.25) is 0 Å². The maximum atomic E-state index is 11.1. The van der Waals surface area contributed by atoms with Crippen LogP contribution < -0.4 is 15.8 Å². The Balaban J connectivity index is 1.56. The number of hydrogen-bond acceptors (Lipinski definition) is 10. The minimum Gasteiger partial charge on any atom is -0.492 e. The highest BCUT2D eigenvalue weighted by Crippen LogP contribution is 2.30. The van der Waals surface area contributed by atoms with Gasteiger partial charge in [-0.3, -0.25) is 9.55 Å². The SMILES string of the molecule is CS(=O)(=O)CNCCOc1ccc(-n2c(-c3nonc3N)nc3cnccc32)cc1. The summed E-state index contributed by atoms with van der Waals surface area (Å²) in [5, 5.41) is 10.3. The van der Waals surface area contributed by atoms with Crippen molar-refractivity contribution in [2.75, 3.05) is 31.0 Å². The topological polar surface area (TPSA) is 151 Å². The molecule has 0 unspecified atom stereocenters. The Labute approximate surface area is 171 Å². The third kappa shape index (κ3) is 4.23. The van der Waals surface area contributed by atoms with Crippen LogP contribution in [0.15, 0.2) is 47.4 Å². The Hall–Kier alpha value is -3.51. The fourth-order valence-corrected chi connectivity index (χ4v) is 3.41. The summed E-state index contributed by atoms with van der Waals surface area (Å²) < 4.78 is 34.5. The third-order valence-electron chi connectivity index (χ3n) is 4.19. The minimum atomic E-state index is -3.05. The monoisotopic (exact) mass is 429 g/mol. The van der Waals surface area contributed by atoms with Gasteiger partial charge in [-0.25, -0.2) is 18.0 Å². The number of imidazole rings is 1. The Morgan fingerprint density at radius 1 is 1.20 bits per heavy atom. The molecule has 4 rings (SSSR count). The predicted molar refractivity (Wildman–Crippen MR) is 110 cm³/mol. The fourth-order valence-electron chi connectivity index (χ4n) is 2.89. The second kappa shape index (κ2) is 8.08. The van der Waals surface area contributed by atoms with Crippen molar-refractivity contribution in [2.24, 2.45) is 0 Å². The van der Waals surface area contributed by atoms with Gasteiger partial charge in [-0.1, -0.05) is 0 Å². The molecule has 0 aliphatic carbocycles. The van der Waals surface area contributed by atoms with Crippen LogP contribution in [-0.2, 0) is 9.84 Å². The summed E-state index contributed by atoms with van der Waals surface area (Å²) in [4.78, 5) is 8.69. The van der Waals surface area contributed by atoms with Crippen molar-refractivity contribution in [3.05, 3.63) is 42.7 Å². The van der Waals surface area contributed by atoms with E-state index in [4.69, 9.17) is 15.1 Å². The van der Waals surface area contributed by atoms with Crippen molar-refractivity contribution < 1.29 is 17.8 Å². The quantitative estimate of drug-likeness (QED) is 0.388. The van der Waals surface area contributed by atoms with Gasteiger partial charge in [-0.15, -0.1) is 0 Å². The van der Waals surface area contributed by atoms with Crippen LogP contribution in [0.25, 0.3) is 28.2 Å². The molecule has 0 saturated heterocycles. The summed E-state index contributed by atoms with van der Waals surface area (Å²) in [6.07, 6.45) is 4.50. The lowest BCUT2D eigenvalue weighted by Gasteiger charge is -2.10. The van der Waals surface area contributed by atoms with Gasteiger partial charge in [0.2, 0.25) is 0 Å². The summed E-state index contributed by atoms with van der Waals surface area (Å²) in [6, 6.07) is 9.20. The van der Waals surface area contributed by atoms with Crippen LogP contribution in [0.1, 0.15) is 0 Å². The molecular weight excluding hydrogens is 410 g/mol. The lowest BCUT2D eigenvalue weighted by molar-refractivity contribution is 0.310. The van der Waals surface area contributed by atoms with Crippen LogP contribution in [-0.4, -0.2) is 58.6 Å². The second-order valence-corrected chi connectivity index (χ2v) is 8.69. The Morgan fingerprint density at radius 3 is 2.70 bits per heavy atom. The van der Waals surface area contributed by atoms with Crippen molar-refractivity contribution in [1.29, 1.82) is 0 Å². The molecule has 30 heavy (non-hydrogen) atoms. The number of nitrogen functional groups attached to an aromatic ring is 1. The van der Waals surface area contributed by atoms with Crippen LogP contribution in [0.4, 0.5) is 5.82 Å². The molecule has 0 atom stereocenters. The molecule has 0 fully saturated rings. The molecule has 3 aromatic heterocycles. The van der Waals surface area contributed by atoms with Crippen molar-refractivity contribution >= 4 is 26.7 Å². The molecule has 0 aliphatic rings. The van der Waals surface area contributed by atoms with E-state index in [0.29, 0.717) is 35.9 Å². The zero-order valence-corrected chi connectivity index (χ0v) is 16.8. The molecule has 0 amide bonds. The zero-order valence-electron chi connectivity index (χ0n) is 16.0. The average Bonchev–Trinajstić information content (AvgIpc) is 3.30. The molecule has 12 heteroatoms. The van der Waals surface area contributed by atoms with Crippen molar-refractivity contribution in [1.82, 2.24) is 30.2 Å². The van der Waals surface area contributed by atoms with E-state index in [-0.39, 0.29) is 11.7 Å². The normalized spacial score (nSPS) is 11.8. The zero-order chi connectivity index (χ0) is 21.1. The number of nitrogens with zero attached hydrogens (tertiary/aromatic N) is 5. The summed E-state index contributed by atoms with van der Waals surface area (Å²) in [5.41, 5.74) is 8.51. The van der Waals surface area contributed by atoms with Gasteiger partial charge in [0, 0.05) is 24.7 Å². The van der Waals surface area contributed by atoms with Crippen molar-refractivity contribution in [3.63, 3.8) is 0 Å². The number of benzene rings is 1. The number of sulfone groups is 1. The van der Waals surface area contributed by atoms with Crippen LogP contribution in [0.3, 0.4) is 0 Å². The average molecular weight is 429 g/mol. The number of anilines is 1. The predicted octanol–water partition coefficient (Wildman–Crippen LogP) is 1.02. The van der Waals surface area contributed by atoms with Gasteiger partial charge >= 0.3 is 0 Å². The lowest BCUT2D eigenvalue weighted by atomic mass is 10.2. The van der Waals surface area contributed by atoms with E-state index < -0.39 is 9.84 Å². The number of nitrogens with one attached hydrogen (secondary N) is 1. The molecule has 0 saturated carbocycles. The Bertz CT molecular complexity index is 1270. The minimum absolute atomic E-state index is 0.0827. The van der Waals surface area contributed by atoms with Gasteiger partial charge in [0.05, 0.1) is 17.6 Å². The number of nitrogens with two attached hydrogens (primary N) is 1. The highest BCUT2D eigenvalue weighted by atomic mass is 32.2. The Morgan fingerprint density at radius 2 is 2.00 bits per heavy atom. The summed E-state index contributed by atoms with van der Waals surface area (Å²) >= 11 is 0. The summed E-state index contributed by atoms with van der Waals surface area (Å²) in [5.74, 6) is 1.19. The fraction of sp³-hybridized carbons (Fsp3) is 0.222. The van der Waals surface area contributed by atoms with Gasteiger partial charge in [-0.2, -0.15) is 0 Å². The first-order valence-corrected chi connectivity index (χ1v) is 11.0. The number of rotatable bonds is 8. The molecule has 3 heterocycles. The van der Waals surface area contributed by atoms with E-state index in [0.717, 1.165) is 11.2 Å². The largest absolute Gasteiger partial charge is 0.492 e. The van der Waals surface area contributed by atoms with Crippen molar-refractivity contribution in [3.8, 4) is 23.0 Å². The first kappa shape index (κ1) is 19.8. The number of aromatic nitrogens is 5. The molecule has 0 spiro atoms. The number of ether oxygens (including phenoxy) is 1. The molecule has 0 radical (unpaired) electrons. The molecule has 1 aromatic carbocycles. The molecular formula is C18H19N7O4S. The van der Waals surface area contributed by atoms with E-state index in [9.17, 15) is 8.42 Å². The van der Waals surface area contributed by atoms with Gasteiger partial charge in [0.25, 0.3) is 0 Å². The van der Waals surface area contributed by atoms with Crippen molar-refractivity contribution in [2.45, 2.75) is 0 Å². The molecule has 156 valence electrons. The molecule has 0 aliphatic heterocycles. The van der Waals surface area contributed by atoms with Crippen LogP contribution in [0, 0.1) is 0 Å². The molecule has 3 N–H and O–H groups in total. The standard InChI is InChI=1S/C18H19N7O4S/c1-30(26,27)11-21-8-9-28-13-4-2-12(3-5-13)25-15-6-7-20-10-14(15)22-18(25)16-17(19)24-29-23-16/h2-7,10,21H,8-9,11H2,1H3,(H2,19,24). The van der Waals surface area contributed by atoms with E-state index >= 15 is 0 Å². The van der Waals surface area contributed by atoms with Gasteiger partial charge in [-0.05, 0) is 40.6 Å². The van der Waals surface area contributed by atoms with Gasteiger partial charge in [0.1, 0.15) is 17.9 Å². The van der Waals surface area contributed by atoms with E-state index in [1.165, 1.54) is 6.26 Å². The highest BCUT2D eigenvalue weighted by Gasteiger charge is 2.20. The number of fused-ring (bicyclic) bond motifs is 1. The van der Waals surface area contributed by atoms with Crippen LogP contribution in [0.5, 0.6) is 5.75 Å². The molecule has 11 nitrogen and oxygen atoms in total. The van der Waals surface area contributed by atoms with Gasteiger partial charge in [0.15, 0.2) is 27.2 Å².